The van der Waals surface area contributed by atoms with Gasteiger partial charge in [-0.2, -0.15) is 0 Å². The minimum absolute atomic E-state index is 0.0832. The number of hydrogen-bond acceptors (Lipinski definition) is 6. The summed E-state index contributed by atoms with van der Waals surface area (Å²) >= 11 is 1.35. The smallest absolute Gasteiger partial charge is 0.237 e. The Balaban J connectivity index is 1.33. The number of fused-ring (bicyclic) bond motifs is 3. The molecule has 0 radical (unpaired) electrons. The van der Waals surface area contributed by atoms with Crippen molar-refractivity contribution in [2.45, 2.75) is 43.5 Å². The van der Waals surface area contributed by atoms with Crippen molar-refractivity contribution in [2.24, 2.45) is 7.05 Å². The molecule has 0 aliphatic rings. The number of methoxy groups -OCH3 is 1. The van der Waals surface area contributed by atoms with Gasteiger partial charge in [0.2, 0.25) is 5.91 Å². The number of carbonyl (C=O) groups is 1. The fourth-order valence-corrected chi connectivity index (χ4v) is 5.07. The summed E-state index contributed by atoms with van der Waals surface area (Å²) in [6.07, 6.45) is 0. The number of anilines is 1. The molecule has 0 saturated carbocycles. The summed E-state index contributed by atoms with van der Waals surface area (Å²) < 4.78 is 13.5. The molecular weight excluding hydrogens is 484 g/mol. The van der Waals surface area contributed by atoms with E-state index in [1.54, 1.807) is 7.11 Å². The molecule has 0 fully saturated rings. The lowest BCUT2D eigenvalue weighted by atomic mass is 9.87. The fraction of sp³-hybridized carbons (Fsp3) is 0.276. The Hall–Kier alpha value is -3.78. The molecule has 5 aromatic rings. The molecule has 0 aliphatic heterocycles. The van der Waals surface area contributed by atoms with Crippen molar-refractivity contribution < 1.29 is 13.9 Å². The largest absolute Gasteiger partial charge is 0.495 e. The first-order valence-electron chi connectivity index (χ1n) is 12.1. The quantitative estimate of drug-likeness (QED) is 0.251. The lowest BCUT2D eigenvalue weighted by Gasteiger charge is -2.19. The van der Waals surface area contributed by atoms with Gasteiger partial charge in [-0.25, -0.2) is 0 Å². The highest BCUT2D eigenvalue weighted by Crippen LogP contribution is 2.37. The number of amides is 1. The average Bonchev–Trinajstić information content (AvgIpc) is 3.42. The first kappa shape index (κ1) is 24.9. The van der Waals surface area contributed by atoms with Crippen molar-refractivity contribution in [1.29, 1.82) is 0 Å². The van der Waals surface area contributed by atoms with Crippen LogP contribution in [0.5, 0.6) is 5.75 Å². The molecular formula is C29H30N4O3S. The van der Waals surface area contributed by atoms with E-state index in [9.17, 15) is 4.79 Å². The second kappa shape index (κ2) is 9.59. The number of rotatable bonds is 6. The van der Waals surface area contributed by atoms with Crippen LogP contribution in [0.25, 0.3) is 33.3 Å². The van der Waals surface area contributed by atoms with Crippen LogP contribution in [0.15, 0.2) is 70.2 Å². The zero-order chi connectivity index (χ0) is 26.3. The number of nitrogens with zero attached hydrogens (tertiary/aromatic N) is 3. The van der Waals surface area contributed by atoms with Crippen molar-refractivity contribution in [3.8, 4) is 17.1 Å². The number of hydrogen-bond donors (Lipinski definition) is 1. The highest BCUT2D eigenvalue weighted by atomic mass is 32.2. The predicted molar refractivity (Wildman–Crippen MR) is 149 cm³/mol. The molecule has 1 unspecified atom stereocenters. The number of aromatic nitrogens is 3. The summed E-state index contributed by atoms with van der Waals surface area (Å²) in [6.45, 7) is 8.42. The normalized spacial score (nSPS) is 12.7. The van der Waals surface area contributed by atoms with Gasteiger partial charge in [0.1, 0.15) is 16.9 Å². The van der Waals surface area contributed by atoms with Gasteiger partial charge >= 0.3 is 0 Å². The van der Waals surface area contributed by atoms with E-state index >= 15 is 0 Å². The number of nitrogens with one attached hydrogen (secondary N) is 1. The van der Waals surface area contributed by atoms with Crippen molar-refractivity contribution >= 4 is 45.3 Å². The standard InChI is InChI=1S/C29H30N4O3S/c1-17(37-28-32-31-26(33(28)5)18-11-13-19(14-12-18)29(2,3)4)27(34)30-22-16-24-21(15-25(22)35-6)20-9-7-8-10-23(20)36-24/h7-17H,1-6H3,(H,30,34). The van der Waals surface area contributed by atoms with Gasteiger partial charge in [-0.15, -0.1) is 10.2 Å². The molecule has 5 rings (SSSR count). The topological polar surface area (TPSA) is 82.2 Å². The van der Waals surface area contributed by atoms with Crippen LogP contribution >= 0.6 is 11.8 Å². The van der Waals surface area contributed by atoms with Crippen molar-refractivity contribution in [3.05, 3.63) is 66.2 Å². The average molecular weight is 515 g/mol. The first-order chi connectivity index (χ1) is 17.7. The van der Waals surface area contributed by atoms with E-state index in [4.69, 9.17) is 9.15 Å². The summed E-state index contributed by atoms with van der Waals surface area (Å²) in [7, 11) is 3.50. The highest BCUT2D eigenvalue weighted by molar-refractivity contribution is 8.00. The zero-order valence-corrected chi connectivity index (χ0v) is 22.6. The van der Waals surface area contributed by atoms with Gasteiger partial charge in [-0.1, -0.05) is 75.0 Å². The van der Waals surface area contributed by atoms with Crippen LogP contribution in [0.3, 0.4) is 0 Å². The van der Waals surface area contributed by atoms with Crippen molar-refractivity contribution in [2.75, 3.05) is 12.4 Å². The monoisotopic (exact) mass is 514 g/mol. The van der Waals surface area contributed by atoms with Gasteiger partial charge in [0.05, 0.1) is 18.0 Å². The van der Waals surface area contributed by atoms with E-state index in [1.165, 1.54) is 17.3 Å². The lowest BCUT2D eigenvalue weighted by molar-refractivity contribution is -0.115. The van der Waals surface area contributed by atoms with Crippen LogP contribution in [-0.2, 0) is 17.3 Å². The Morgan fingerprint density at radius 2 is 1.76 bits per heavy atom. The molecule has 1 atom stereocenters. The van der Waals surface area contributed by atoms with Crippen molar-refractivity contribution in [1.82, 2.24) is 14.8 Å². The van der Waals surface area contributed by atoms with E-state index in [2.05, 4.69) is 60.6 Å². The second-order valence-corrected chi connectivity index (χ2v) is 11.4. The van der Waals surface area contributed by atoms with E-state index in [-0.39, 0.29) is 11.3 Å². The fourth-order valence-electron chi connectivity index (χ4n) is 4.25. The number of furan rings is 1. The molecule has 7 nitrogen and oxygen atoms in total. The van der Waals surface area contributed by atoms with Gasteiger partial charge in [0.25, 0.3) is 0 Å². The minimum atomic E-state index is -0.421. The molecule has 0 aliphatic carbocycles. The zero-order valence-electron chi connectivity index (χ0n) is 21.8. The third-order valence-corrected chi connectivity index (χ3v) is 7.59. The first-order valence-corrected chi connectivity index (χ1v) is 13.0. The molecule has 0 spiro atoms. The summed E-state index contributed by atoms with van der Waals surface area (Å²) in [5, 5.41) is 13.9. The third-order valence-electron chi connectivity index (χ3n) is 6.45. The molecule has 8 heteroatoms. The van der Waals surface area contributed by atoms with Crippen molar-refractivity contribution in [3.63, 3.8) is 0 Å². The van der Waals surface area contributed by atoms with E-state index in [0.717, 1.165) is 27.7 Å². The summed E-state index contributed by atoms with van der Waals surface area (Å²) in [6, 6.07) is 19.9. The SMILES string of the molecule is COc1cc2c(cc1NC(=O)C(C)Sc1nnc(-c3ccc(C(C)(C)C)cc3)n1C)oc1ccccc12. The molecule has 1 amide bonds. The van der Waals surface area contributed by atoms with Gasteiger partial charge in [-0.05, 0) is 30.0 Å². The van der Waals surface area contributed by atoms with Gasteiger partial charge in [0.15, 0.2) is 11.0 Å². The Labute approximate surface area is 220 Å². The number of benzene rings is 3. The molecule has 0 saturated heterocycles. The Morgan fingerprint density at radius 1 is 1.03 bits per heavy atom. The summed E-state index contributed by atoms with van der Waals surface area (Å²) in [4.78, 5) is 13.1. The maximum absolute atomic E-state index is 13.1. The molecule has 3 aromatic carbocycles. The lowest BCUT2D eigenvalue weighted by Crippen LogP contribution is -2.23. The van der Waals surface area contributed by atoms with Crippen LogP contribution in [0.4, 0.5) is 5.69 Å². The van der Waals surface area contributed by atoms with Gasteiger partial charge in [0, 0.05) is 29.4 Å². The summed E-state index contributed by atoms with van der Waals surface area (Å²) in [5.74, 6) is 1.16. The maximum atomic E-state index is 13.1. The minimum Gasteiger partial charge on any atom is -0.495 e. The molecule has 2 heterocycles. The summed E-state index contributed by atoms with van der Waals surface area (Å²) in [5.41, 5.74) is 4.36. The number of thioether (sulfide) groups is 1. The number of ether oxygens (including phenoxy) is 1. The van der Waals surface area contributed by atoms with Crippen LogP contribution in [0.1, 0.15) is 33.3 Å². The van der Waals surface area contributed by atoms with Gasteiger partial charge < -0.3 is 19.0 Å². The van der Waals surface area contributed by atoms with Crippen LogP contribution in [0, 0.1) is 0 Å². The maximum Gasteiger partial charge on any atom is 0.237 e. The van der Waals surface area contributed by atoms with Crippen LogP contribution < -0.4 is 10.1 Å². The molecule has 37 heavy (non-hydrogen) atoms. The Bertz CT molecular complexity index is 1600. The van der Waals surface area contributed by atoms with E-state index in [1.807, 2.05) is 54.9 Å². The van der Waals surface area contributed by atoms with E-state index in [0.29, 0.717) is 22.2 Å². The third kappa shape index (κ3) is 4.81. The predicted octanol–water partition coefficient (Wildman–Crippen LogP) is 6.81. The Morgan fingerprint density at radius 3 is 2.46 bits per heavy atom. The molecule has 190 valence electrons. The second-order valence-electron chi connectivity index (χ2n) is 10.1. The van der Waals surface area contributed by atoms with Gasteiger partial charge in [-0.3, -0.25) is 4.79 Å². The highest BCUT2D eigenvalue weighted by Gasteiger charge is 2.22. The van der Waals surface area contributed by atoms with Crippen LogP contribution in [-0.4, -0.2) is 33.0 Å². The Kier molecular flexibility index (Phi) is 6.45. The molecule has 0 bridgehead atoms. The van der Waals surface area contributed by atoms with Crippen LogP contribution in [0.2, 0.25) is 0 Å². The molecule has 1 N–H and O–H groups in total. The molecule has 2 aromatic heterocycles. The van der Waals surface area contributed by atoms with E-state index < -0.39 is 5.25 Å². The number of para-hydroxylation sites is 1. The number of carbonyl (C=O) groups excluding carboxylic acids is 1.